The number of rotatable bonds is 2. The second-order valence-corrected chi connectivity index (χ2v) is 5.17. The van der Waals surface area contributed by atoms with Gasteiger partial charge in [-0.3, -0.25) is 4.79 Å². The van der Waals surface area contributed by atoms with E-state index in [1.165, 1.54) is 6.07 Å². The highest BCUT2D eigenvalue weighted by Crippen LogP contribution is 2.36. The summed E-state index contributed by atoms with van der Waals surface area (Å²) in [6.07, 6.45) is -4.58. The van der Waals surface area contributed by atoms with Gasteiger partial charge in [0.05, 0.1) is 16.3 Å². The second kappa shape index (κ2) is 5.34. The molecule has 106 valence electrons. The van der Waals surface area contributed by atoms with E-state index in [0.29, 0.717) is 0 Å². The number of carbonyl (C=O) groups excluding carboxylic acids is 1. The van der Waals surface area contributed by atoms with Gasteiger partial charge in [0.1, 0.15) is 4.88 Å². The highest BCUT2D eigenvalue weighted by atomic mass is 35.5. The first kappa shape index (κ1) is 14.7. The average Bonchev–Trinajstić information content (AvgIpc) is 2.76. The molecule has 2 aromatic rings. The molecule has 0 radical (unpaired) electrons. The van der Waals surface area contributed by atoms with Gasteiger partial charge in [-0.15, -0.1) is 11.3 Å². The Hall–Kier alpha value is -1.73. The largest absolute Gasteiger partial charge is 0.417 e. The highest BCUT2D eigenvalue weighted by Gasteiger charge is 2.33. The molecule has 0 atom stereocenters. The number of nitrogens with one attached hydrogen (secondary N) is 1. The van der Waals surface area contributed by atoms with Gasteiger partial charge in [0.25, 0.3) is 5.91 Å². The number of nitrogens with two attached hydrogens (primary N) is 1. The van der Waals surface area contributed by atoms with Crippen LogP contribution in [0.25, 0.3) is 0 Å². The molecule has 1 amide bonds. The van der Waals surface area contributed by atoms with Crippen molar-refractivity contribution in [2.45, 2.75) is 6.18 Å². The van der Waals surface area contributed by atoms with Gasteiger partial charge < -0.3 is 11.1 Å². The first-order valence-corrected chi connectivity index (χ1v) is 6.56. The molecule has 1 aromatic heterocycles. The predicted molar refractivity (Wildman–Crippen MR) is 73.1 cm³/mol. The van der Waals surface area contributed by atoms with Gasteiger partial charge in [0.15, 0.2) is 0 Å². The van der Waals surface area contributed by atoms with E-state index >= 15 is 0 Å². The van der Waals surface area contributed by atoms with Gasteiger partial charge >= 0.3 is 6.18 Å². The standard InChI is InChI=1S/C12H8ClF3N2OS/c13-8-2-1-6(5-7(8)12(14,15)16)18-11(19)10-9(17)3-4-20-10/h1-5H,17H2,(H,18,19). The highest BCUT2D eigenvalue weighted by molar-refractivity contribution is 7.12. The lowest BCUT2D eigenvalue weighted by atomic mass is 10.2. The third kappa shape index (κ3) is 3.05. The topological polar surface area (TPSA) is 55.1 Å². The van der Waals surface area contributed by atoms with Gasteiger partial charge in [0, 0.05) is 5.69 Å². The molecule has 3 N–H and O–H groups in total. The zero-order valence-electron chi connectivity index (χ0n) is 9.79. The molecule has 2 rings (SSSR count). The van der Waals surface area contributed by atoms with Crippen molar-refractivity contribution in [2.75, 3.05) is 11.1 Å². The van der Waals surface area contributed by atoms with Crippen molar-refractivity contribution >= 4 is 40.2 Å². The third-order valence-electron chi connectivity index (χ3n) is 2.43. The molecule has 0 saturated carbocycles. The Morgan fingerprint density at radius 2 is 2.00 bits per heavy atom. The number of alkyl halides is 3. The van der Waals surface area contributed by atoms with E-state index in [1.807, 2.05) is 0 Å². The quantitative estimate of drug-likeness (QED) is 0.869. The molecule has 1 heterocycles. The van der Waals surface area contributed by atoms with Crippen molar-refractivity contribution in [3.05, 3.63) is 45.1 Å². The fraction of sp³-hybridized carbons (Fsp3) is 0.0833. The molecule has 3 nitrogen and oxygen atoms in total. The zero-order chi connectivity index (χ0) is 14.9. The molecule has 0 aliphatic carbocycles. The van der Waals surface area contributed by atoms with Crippen molar-refractivity contribution in [3.8, 4) is 0 Å². The normalized spacial score (nSPS) is 11.4. The minimum absolute atomic E-state index is 0.000440. The van der Waals surface area contributed by atoms with Crippen LogP contribution in [0.15, 0.2) is 29.6 Å². The molecule has 0 fully saturated rings. The molecule has 0 aliphatic rings. The van der Waals surface area contributed by atoms with Crippen molar-refractivity contribution in [1.82, 2.24) is 0 Å². The van der Waals surface area contributed by atoms with E-state index in [-0.39, 0.29) is 16.3 Å². The molecule has 0 aliphatic heterocycles. The first-order valence-electron chi connectivity index (χ1n) is 5.30. The van der Waals surface area contributed by atoms with Crippen molar-refractivity contribution in [3.63, 3.8) is 0 Å². The van der Waals surface area contributed by atoms with Crippen molar-refractivity contribution in [2.24, 2.45) is 0 Å². The van der Waals surface area contributed by atoms with Crippen molar-refractivity contribution in [1.29, 1.82) is 0 Å². The summed E-state index contributed by atoms with van der Waals surface area (Å²) in [5, 5.41) is 3.55. The summed E-state index contributed by atoms with van der Waals surface area (Å²) in [7, 11) is 0. The molecule has 20 heavy (non-hydrogen) atoms. The Balaban J connectivity index is 2.27. The number of hydrogen-bond acceptors (Lipinski definition) is 3. The maximum Gasteiger partial charge on any atom is 0.417 e. The molecule has 1 aromatic carbocycles. The molecule has 0 unspecified atom stereocenters. The van der Waals surface area contributed by atoms with E-state index in [9.17, 15) is 18.0 Å². The number of nitrogen functional groups attached to an aromatic ring is 1. The minimum Gasteiger partial charge on any atom is -0.397 e. The number of carbonyl (C=O) groups is 1. The van der Waals surface area contributed by atoms with Gasteiger partial charge in [-0.1, -0.05) is 11.6 Å². The Morgan fingerprint density at radius 1 is 1.30 bits per heavy atom. The smallest absolute Gasteiger partial charge is 0.397 e. The summed E-state index contributed by atoms with van der Waals surface area (Å²) in [4.78, 5) is 12.1. The van der Waals surface area contributed by atoms with Crippen LogP contribution in [0.3, 0.4) is 0 Å². The predicted octanol–water partition coefficient (Wildman–Crippen LogP) is 4.25. The van der Waals surface area contributed by atoms with Gasteiger partial charge in [-0.05, 0) is 29.6 Å². The van der Waals surface area contributed by atoms with Crippen LogP contribution in [0.5, 0.6) is 0 Å². The van der Waals surface area contributed by atoms with E-state index in [1.54, 1.807) is 11.4 Å². The second-order valence-electron chi connectivity index (χ2n) is 3.85. The SMILES string of the molecule is Nc1ccsc1C(=O)Nc1ccc(Cl)c(C(F)(F)F)c1. The number of amides is 1. The monoisotopic (exact) mass is 320 g/mol. The van der Waals surface area contributed by atoms with E-state index in [2.05, 4.69) is 5.32 Å². The number of hydrogen-bond donors (Lipinski definition) is 2. The fourth-order valence-corrected chi connectivity index (χ4v) is 2.45. The lowest BCUT2D eigenvalue weighted by molar-refractivity contribution is -0.137. The molecular formula is C12H8ClF3N2OS. The van der Waals surface area contributed by atoms with E-state index < -0.39 is 22.7 Å². The maximum atomic E-state index is 12.7. The summed E-state index contributed by atoms with van der Waals surface area (Å²) in [6.45, 7) is 0. The van der Waals surface area contributed by atoms with Crippen LogP contribution in [0.2, 0.25) is 5.02 Å². The summed E-state index contributed by atoms with van der Waals surface area (Å²) >= 11 is 6.60. The van der Waals surface area contributed by atoms with Gasteiger partial charge in [-0.25, -0.2) is 0 Å². The maximum absolute atomic E-state index is 12.7. The van der Waals surface area contributed by atoms with E-state index in [0.717, 1.165) is 23.5 Å². The Morgan fingerprint density at radius 3 is 2.55 bits per heavy atom. The van der Waals surface area contributed by atoms with Crippen LogP contribution in [0.4, 0.5) is 24.5 Å². The lowest BCUT2D eigenvalue weighted by Gasteiger charge is -2.11. The average molecular weight is 321 g/mol. The van der Waals surface area contributed by atoms with E-state index in [4.69, 9.17) is 17.3 Å². The zero-order valence-corrected chi connectivity index (χ0v) is 11.4. The number of benzene rings is 1. The van der Waals surface area contributed by atoms with Crippen molar-refractivity contribution < 1.29 is 18.0 Å². The molecular weight excluding hydrogens is 313 g/mol. The molecule has 0 spiro atoms. The third-order valence-corrected chi connectivity index (χ3v) is 3.69. The Labute approximate surface area is 121 Å². The summed E-state index contributed by atoms with van der Waals surface area (Å²) in [5.74, 6) is -0.562. The Bertz CT molecular complexity index is 654. The van der Waals surface area contributed by atoms with Crippen LogP contribution in [-0.2, 0) is 6.18 Å². The van der Waals surface area contributed by atoms with Crippen LogP contribution in [-0.4, -0.2) is 5.91 Å². The molecule has 0 saturated heterocycles. The van der Waals surface area contributed by atoms with Crippen LogP contribution in [0.1, 0.15) is 15.2 Å². The lowest BCUT2D eigenvalue weighted by Crippen LogP contribution is -2.13. The number of thiophene rings is 1. The molecule has 0 bridgehead atoms. The minimum atomic E-state index is -4.58. The summed E-state index contributed by atoms with van der Waals surface area (Å²) in [5.41, 5.74) is 4.84. The van der Waals surface area contributed by atoms with Crippen LogP contribution >= 0.6 is 22.9 Å². The Kier molecular flexibility index (Phi) is 3.92. The summed E-state index contributed by atoms with van der Waals surface area (Å²) in [6, 6.07) is 4.70. The first-order chi connectivity index (χ1) is 9.29. The van der Waals surface area contributed by atoms with Crippen LogP contribution in [0, 0.1) is 0 Å². The fourth-order valence-electron chi connectivity index (χ4n) is 1.51. The molecule has 8 heteroatoms. The van der Waals surface area contributed by atoms with Gasteiger partial charge in [0.2, 0.25) is 0 Å². The summed E-state index contributed by atoms with van der Waals surface area (Å²) < 4.78 is 38.1. The number of halogens is 4. The van der Waals surface area contributed by atoms with Crippen LogP contribution < -0.4 is 11.1 Å². The van der Waals surface area contributed by atoms with Gasteiger partial charge in [-0.2, -0.15) is 13.2 Å². The number of anilines is 2.